The van der Waals surface area contributed by atoms with E-state index in [4.69, 9.17) is 10.5 Å². The number of hydrogen-bond acceptors (Lipinski definition) is 7. The molecule has 2 N–H and O–H groups in total. The minimum Gasteiger partial charge on any atom is -0.474 e. The highest BCUT2D eigenvalue weighted by Gasteiger charge is 2.34. The Hall–Kier alpha value is -3.73. The fourth-order valence-electron chi connectivity index (χ4n) is 4.35. The second-order valence-corrected chi connectivity index (χ2v) is 9.12. The van der Waals surface area contributed by atoms with Gasteiger partial charge >= 0.3 is 6.18 Å². The number of nitrogen functional groups attached to an aromatic ring is 1. The fourth-order valence-corrected chi connectivity index (χ4v) is 4.35. The summed E-state index contributed by atoms with van der Waals surface area (Å²) in [5, 5.41) is 4.51. The molecule has 8 nitrogen and oxygen atoms in total. The van der Waals surface area contributed by atoms with E-state index in [2.05, 4.69) is 38.8 Å². The van der Waals surface area contributed by atoms with Crippen molar-refractivity contribution in [2.45, 2.75) is 45.0 Å². The standard InChI is InChI=1S/C25H26F3N7O/c1-15(2)34-9-7-18(8-10-34)36-23-6-3-16(12-31-23)21-14-30-22-5-4-20(33-35(21)22)17-11-19(25(26,27)28)24(29)32-13-17/h3-6,11-15,18H,7-10H2,1-2H3,(H2,29,32). The number of ether oxygens (including phenoxy) is 1. The Kier molecular flexibility index (Phi) is 6.25. The molecule has 0 amide bonds. The lowest BCUT2D eigenvalue weighted by atomic mass is 10.1. The van der Waals surface area contributed by atoms with Crippen LogP contribution in [0.15, 0.2) is 48.9 Å². The summed E-state index contributed by atoms with van der Waals surface area (Å²) in [6.07, 6.45) is 2.03. The predicted octanol–water partition coefficient (Wildman–Crippen LogP) is 4.71. The van der Waals surface area contributed by atoms with Gasteiger partial charge in [-0.05, 0) is 51.0 Å². The van der Waals surface area contributed by atoms with Crippen molar-refractivity contribution in [1.29, 1.82) is 0 Å². The molecule has 0 atom stereocenters. The van der Waals surface area contributed by atoms with E-state index in [0.29, 0.717) is 29.0 Å². The SMILES string of the molecule is CC(C)N1CCC(Oc2ccc(-c3cnc4ccc(-c5cnc(N)c(C(F)(F)F)c5)nn34)cn2)CC1. The first-order chi connectivity index (χ1) is 17.2. The summed E-state index contributed by atoms with van der Waals surface area (Å²) in [6.45, 7) is 6.41. The number of alkyl halides is 3. The van der Waals surface area contributed by atoms with E-state index in [1.807, 2.05) is 12.1 Å². The highest BCUT2D eigenvalue weighted by molar-refractivity contribution is 5.66. The van der Waals surface area contributed by atoms with Gasteiger partial charge in [-0.25, -0.2) is 19.5 Å². The zero-order valence-corrected chi connectivity index (χ0v) is 19.9. The number of nitrogens with zero attached hydrogens (tertiary/aromatic N) is 6. The summed E-state index contributed by atoms with van der Waals surface area (Å²) >= 11 is 0. The van der Waals surface area contributed by atoms with E-state index in [1.54, 1.807) is 29.0 Å². The van der Waals surface area contributed by atoms with Gasteiger partial charge in [0.1, 0.15) is 11.9 Å². The van der Waals surface area contributed by atoms with Gasteiger partial charge in [0.25, 0.3) is 0 Å². The number of fused-ring (bicyclic) bond motifs is 1. The summed E-state index contributed by atoms with van der Waals surface area (Å²) in [5.74, 6) is -0.0219. The van der Waals surface area contributed by atoms with Crippen molar-refractivity contribution in [2.75, 3.05) is 18.8 Å². The lowest BCUT2D eigenvalue weighted by Crippen LogP contribution is -2.41. The molecule has 1 aliphatic rings. The van der Waals surface area contributed by atoms with Crippen LogP contribution in [0.3, 0.4) is 0 Å². The minimum absolute atomic E-state index is 0.133. The van der Waals surface area contributed by atoms with Crippen LogP contribution in [-0.2, 0) is 6.18 Å². The van der Waals surface area contributed by atoms with E-state index in [0.717, 1.165) is 37.6 Å². The van der Waals surface area contributed by atoms with Crippen molar-refractivity contribution in [3.05, 3.63) is 54.5 Å². The highest BCUT2D eigenvalue weighted by atomic mass is 19.4. The van der Waals surface area contributed by atoms with Gasteiger partial charge in [-0.3, -0.25) is 0 Å². The Morgan fingerprint density at radius 1 is 0.972 bits per heavy atom. The molecule has 4 aromatic rings. The van der Waals surface area contributed by atoms with Crippen molar-refractivity contribution in [2.24, 2.45) is 0 Å². The van der Waals surface area contributed by atoms with Crippen LogP contribution in [0.1, 0.15) is 32.3 Å². The molecule has 1 aliphatic heterocycles. The van der Waals surface area contributed by atoms with E-state index in [-0.39, 0.29) is 11.7 Å². The van der Waals surface area contributed by atoms with Crippen LogP contribution >= 0.6 is 0 Å². The van der Waals surface area contributed by atoms with Crippen LogP contribution < -0.4 is 10.5 Å². The van der Waals surface area contributed by atoms with Gasteiger partial charge in [0.2, 0.25) is 5.88 Å². The first-order valence-corrected chi connectivity index (χ1v) is 11.7. The number of piperidine rings is 1. The van der Waals surface area contributed by atoms with Gasteiger partial charge in [-0.15, -0.1) is 0 Å². The maximum atomic E-state index is 13.3. The van der Waals surface area contributed by atoms with Crippen molar-refractivity contribution in [3.63, 3.8) is 0 Å². The van der Waals surface area contributed by atoms with Gasteiger partial charge in [0, 0.05) is 48.7 Å². The third-order valence-electron chi connectivity index (χ3n) is 6.41. The Morgan fingerprint density at radius 3 is 2.39 bits per heavy atom. The molecule has 188 valence electrons. The number of imidazole rings is 1. The third-order valence-corrected chi connectivity index (χ3v) is 6.41. The Morgan fingerprint density at radius 2 is 1.72 bits per heavy atom. The molecule has 0 spiro atoms. The van der Waals surface area contributed by atoms with Crippen LogP contribution in [-0.4, -0.2) is 54.7 Å². The number of anilines is 1. The van der Waals surface area contributed by atoms with Crippen molar-refractivity contribution >= 4 is 11.5 Å². The van der Waals surface area contributed by atoms with E-state index in [9.17, 15) is 13.2 Å². The molecule has 0 unspecified atom stereocenters. The third kappa shape index (κ3) is 4.83. The maximum Gasteiger partial charge on any atom is 0.419 e. The lowest BCUT2D eigenvalue weighted by molar-refractivity contribution is -0.137. The molecule has 4 aromatic heterocycles. The molecule has 5 rings (SSSR count). The summed E-state index contributed by atoms with van der Waals surface area (Å²) in [5.41, 5.74) is 6.88. The van der Waals surface area contributed by atoms with Crippen LogP contribution in [0.4, 0.5) is 19.0 Å². The molecule has 0 aliphatic carbocycles. The monoisotopic (exact) mass is 497 g/mol. The normalized spacial score (nSPS) is 15.6. The molecule has 1 saturated heterocycles. The van der Waals surface area contributed by atoms with Gasteiger partial charge in [0.05, 0.1) is 23.1 Å². The fraction of sp³-hybridized carbons (Fsp3) is 0.360. The quantitative estimate of drug-likeness (QED) is 0.427. The van der Waals surface area contributed by atoms with Gasteiger partial charge in [-0.1, -0.05) is 0 Å². The molecule has 0 aromatic carbocycles. The molecular formula is C25H26F3N7O. The second kappa shape index (κ2) is 9.38. The van der Waals surface area contributed by atoms with E-state index >= 15 is 0 Å². The summed E-state index contributed by atoms with van der Waals surface area (Å²) in [7, 11) is 0. The average molecular weight is 498 g/mol. The molecule has 0 bridgehead atoms. The smallest absolute Gasteiger partial charge is 0.419 e. The van der Waals surface area contributed by atoms with Crippen LogP contribution in [0.2, 0.25) is 0 Å². The number of pyridine rings is 2. The summed E-state index contributed by atoms with van der Waals surface area (Å²) in [6, 6.07) is 8.45. The van der Waals surface area contributed by atoms with Crippen LogP contribution in [0.25, 0.3) is 28.2 Å². The van der Waals surface area contributed by atoms with Gasteiger partial charge in [-0.2, -0.15) is 18.3 Å². The number of nitrogens with two attached hydrogens (primary N) is 1. The maximum absolute atomic E-state index is 13.3. The van der Waals surface area contributed by atoms with E-state index < -0.39 is 17.6 Å². The van der Waals surface area contributed by atoms with Crippen molar-refractivity contribution < 1.29 is 17.9 Å². The van der Waals surface area contributed by atoms with Crippen LogP contribution in [0.5, 0.6) is 5.88 Å². The first kappa shape index (κ1) is 24.0. The number of aromatic nitrogens is 5. The molecule has 36 heavy (non-hydrogen) atoms. The molecule has 0 radical (unpaired) electrons. The summed E-state index contributed by atoms with van der Waals surface area (Å²) < 4.78 is 47.5. The Bertz CT molecular complexity index is 1360. The summed E-state index contributed by atoms with van der Waals surface area (Å²) in [4.78, 5) is 15.0. The molecule has 0 saturated carbocycles. The first-order valence-electron chi connectivity index (χ1n) is 11.7. The number of rotatable bonds is 5. The minimum atomic E-state index is -4.61. The van der Waals surface area contributed by atoms with E-state index in [1.165, 1.54) is 6.20 Å². The van der Waals surface area contributed by atoms with Gasteiger partial charge in [0.15, 0.2) is 5.65 Å². The van der Waals surface area contributed by atoms with Crippen molar-refractivity contribution in [3.8, 4) is 28.4 Å². The van der Waals surface area contributed by atoms with Crippen molar-refractivity contribution in [1.82, 2.24) is 29.5 Å². The zero-order chi connectivity index (χ0) is 25.4. The number of likely N-dealkylation sites (tertiary alicyclic amines) is 1. The zero-order valence-electron chi connectivity index (χ0n) is 19.9. The Balaban J connectivity index is 1.37. The largest absolute Gasteiger partial charge is 0.474 e. The number of halogens is 3. The van der Waals surface area contributed by atoms with Gasteiger partial charge < -0.3 is 15.4 Å². The molecule has 1 fully saturated rings. The molecule has 11 heteroatoms. The second-order valence-electron chi connectivity index (χ2n) is 9.12. The topological polar surface area (TPSA) is 94.5 Å². The number of hydrogen-bond donors (Lipinski definition) is 1. The highest BCUT2D eigenvalue weighted by Crippen LogP contribution is 2.35. The average Bonchev–Trinajstić information content (AvgIpc) is 3.28. The Labute approximate surface area is 205 Å². The lowest BCUT2D eigenvalue weighted by Gasteiger charge is -2.34. The molecule has 5 heterocycles. The predicted molar refractivity (Wildman–Crippen MR) is 129 cm³/mol. The molecular weight excluding hydrogens is 471 g/mol. The van der Waals surface area contributed by atoms with Crippen LogP contribution in [0, 0.1) is 0 Å².